The van der Waals surface area contributed by atoms with Crippen molar-refractivity contribution >= 4 is 17.7 Å². The molecule has 1 aromatic carbocycles. The van der Waals surface area contributed by atoms with E-state index >= 15 is 0 Å². The summed E-state index contributed by atoms with van der Waals surface area (Å²) in [6.07, 6.45) is 3.22. The molecule has 1 rings (SSSR count). The number of carbonyl (C=O) groups is 1. The Labute approximate surface area is 110 Å². The van der Waals surface area contributed by atoms with Gasteiger partial charge in [0.05, 0.1) is 23.1 Å². The third-order valence-corrected chi connectivity index (χ3v) is 2.61. The molecule has 0 aliphatic rings. The van der Waals surface area contributed by atoms with E-state index in [1.165, 1.54) is 18.2 Å². The van der Waals surface area contributed by atoms with E-state index in [-0.39, 0.29) is 24.2 Å². The molecule has 0 aliphatic heterocycles. The normalized spacial score (nSPS) is 12.3. The third-order valence-electron chi connectivity index (χ3n) is 2.61. The van der Waals surface area contributed by atoms with Gasteiger partial charge in [0.15, 0.2) is 0 Å². The molecule has 19 heavy (non-hydrogen) atoms. The highest BCUT2D eigenvalue weighted by Gasteiger charge is 2.10. The Hall–Kier alpha value is -2.21. The zero-order valence-corrected chi connectivity index (χ0v) is 10.6. The van der Waals surface area contributed by atoms with Crippen molar-refractivity contribution in [2.24, 2.45) is 0 Å². The van der Waals surface area contributed by atoms with Gasteiger partial charge < -0.3 is 10.4 Å². The minimum Gasteiger partial charge on any atom is -0.394 e. The fraction of sp³-hybridized carbons (Fsp3) is 0.308. The second kappa shape index (κ2) is 7.27. The second-order valence-electron chi connectivity index (χ2n) is 3.95. The van der Waals surface area contributed by atoms with Crippen molar-refractivity contribution < 1.29 is 14.8 Å². The van der Waals surface area contributed by atoms with Crippen LogP contribution < -0.4 is 5.32 Å². The van der Waals surface area contributed by atoms with Gasteiger partial charge >= 0.3 is 0 Å². The number of benzene rings is 1. The lowest BCUT2D eigenvalue weighted by molar-refractivity contribution is -0.385. The maximum Gasteiger partial charge on any atom is 0.276 e. The number of aliphatic hydroxyl groups is 1. The molecule has 0 aliphatic carbocycles. The minimum absolute atomic E-state index is 0.0549. The molecule has 0 saturated carbocycles. The van der Waals surface area contributed by atoms with Gasteiger partial charge in [0, 0.05) is 12.1 Å². The number of aliphatic hydroxyl groups excluding tert-OH is 1. The van der Waals surface area contributed by atoms with Crippen molar-refractivity contribution in [3.8, 4) is 0 Å². The van der Waals surface area contributed by atoms with E-state index in [2.05, 4.69) is 5.32 Å². The average molecular weight is 264 g/mol. The molecule has 0 aromatic heterocycles. The van der Waals surface area contributed by atoms with Crippen LogP contribution in [0.1, 0.15) is 18.9 Å². The molecule has 2 N–H and O–H groups in total. The van der Waals surface area contributed by atoms with Crippen LogP contribution in [0.4, 0.5) is 5.69 Å². The fourth-order valence-corrected chi connectivity index (χ4v) is 1.49. The number of nitrogens with one attached hydrogen (secondary N) is 1. The van der Waals surface area contributed by atoms with Crippen LogP contribution in [-0.2, 0) is 4.79 Å². The van der Waals surface area contributed by atoms with Crippen LogP contribution in [-0.4, -0.2) is 28.6 Å². The molecule has 6 heteroatoms. The smallest absolute Gasteiger partial charge is 0.276 e. The number of rotatable bonds is 6. The van der Waals surface area contributed by atoms with E-state index in [1.54, 1.807) is 18.2 Å². The van der Waals surface area contributed by atoms with Gasteiger partial charge in [-0.15, -0.1) is 0 Å². The van der Waals surface area contributed by atoms with Gasteiger partial charge in [0.1, 0.15) is 0 Å². The molecule has 1 atom stereocenters. The zero-order valence-electron chi connectivity index (χ0n) is 10.6. The number of hydrogen-bond acceptors (Lipinski definition) is 4. The summed E-state index contributed by atoms with van der Waals surface area (Å²) in [5, 5.41) is 22.3. The topological polar surface area (TPSA) is 92.5 Å². The number of nitro groups is 1. The summed E-state index contributed by atoms with van der Waals surface area (Å²) in [7, 11) is 0. The highest BCUT2D eigenvalue weighted by molar-refractivity contribution is 5.92. The summed E-state index contributed by atoms with van der Waals surface area (Å²) in [4.78, 5) is 21.8. The van der Waals surface area contributed by atoms with Gasteiger partial charge in [-0.05, 0) is 18.6 Å². The summed E-state index contributed by atoms with van der Waals surface area (Å²) < 4.78 is 0. The lowest BCUT2D eigenvalue weighted by Gasteiger charge is -2.11. The van der Waals surface area contributed by atoms with Crippen LogP contribution in [0, 0.1) is 10.1 Å². The quantitative estimate of drug-likeness (QED) is 0.462. The van der Waals surface area contributed by atoms with Crippen LogP contribution in [0.3, 0.4) is 0 Å². The maximum atomic E-state index is 11.5. The molecule has 0 spiro atoms. The summed E-state index contributed by atoms with van der Waals surface area (Å²) in [6, 6.07) is 5.86. The molecule has 0 radical (unpaired) electrons. The SMILES string of the molecule is CC[C@@H](CO)NC(=O)/C=C\c1ccccc1[N+](=O)[O-]. The predicted molar refractivity (Wildman–Crippen MR) is 71.4 cm³/mol. The highest BCUT2D eigenvalue weighted by atomic mass is 16.6. The summed E-state index contributed by atoms with van der Waals surface area (Å²) in [6.45, 7) is 1.70. The van der Waals surface area contributed by atoms with Crippen molar-refractivity contribution in [1.29, 1.82) is 0 Å². The van der Waals surface area contributed by atoms with E-state index in [4.69, 9.17) is 5.11 Å². The standard InChI is InChI=1S/C13H16N2O4/c1-2-11(9-16)14-13(17)8-7-10-5-3-4-6-12(10)15(18)19/h3-8,11,16H,2,9H2,1H3,(H,14,17)/b8-7-/t11-/m0/s1. The number of nitrogens with zero attached hydrogens (tertiary/aromatic N) is 1. The van der Waals surface area contributed by atoms with Crippen LogP contribution in [0.5, 0.6) is 0 Å². The third kappa shape index (κ3) is 4.51. The van der Waals surface area contributed by atoms with Gasteiger partial charge in [-0.3, -0.25) is 14.9 Å². The zero-order chi connectivity index (χ0) is 14.3. The highest BCUT2D eigenvalue weighted by Crippen LogP contribution is 2.18. The van der Waals surface area contributed by atoms with Gasteiger partial charge in [-0.2, -0.15) is 0 Å². The predicted octanol–water partition coefficient (Wildman–Crippen LogP) is 1.50. The first kappa shape index (κ1) is 14.8. The van der Waals surface area contributed by atoms with Crippen molar-refractivity contribution in [3.05, 3.63) is 46.0 Å². The molecule has 1 amide bonds. The Morgan fingerprint density at radius 2 is 2.21 bits per heavy atom. The number of para-hydroxylation sites is 1. The van der Waals surface area contributed by atoms with Crippen LogP contribution in [0.2, 0.25) is 0 Å². The number of hydrogen-bond donors (Lipinski definition) is 2. The number of carbonyl (C=O) groups excluding carboxylic acids is 1. The Kier molecular flexibility index (Phi) is 5.69. The summed E-state index contributed by atoms with van der Waals surface area (Å²) >= 11 is 0. The van der Waals surface area contributed by atoms with Gasteiger partial charge in [-0.1, -0.05) is 19.1 Å². The van der Waals surface area contributed by atoms with E-state index < -0.39 is 4.92 Å². The molecular formula is C13H16N2O4. The van der Waals surface area contributed by atoms with E-state index in [0.29, 0.717) is 12.0 Å². The van der Waals surface area contributed by atoms with Crippen molar-refractivity contribution in [1.82, 2.24) is 5.32 Å². The van der Waals surface area contributed by atoms with Gasteiger partial charge in [0.2, 0.25) is 5.91 Å². The minimum atomic E-state index is -0.500. The van der Waals surface area contributed by atoms with Gasteiger partial charge in [-0.25, -0.2) is 0 Å². The first-order valence-corrected chi connectivity index (χ1v) is 5.91. The van der Waals surface area contributed by atoms with Crippen molar-refractivity contribution in [2.75, 3.05) is 6.61 Å². The van der Waals surface area contributed by atoms with Crippen LogP contribution >= 0.6 is 0 Å². The molecule has 0 unspecified atom stereocenters. The second-order valence-corrected chi connectivity index (χ2v) is 3.95. The number of nitro benzene ring substituents is 1. The number of amides is 1. The molecule has 1 aromatic rings. The summed E-state index contributed by atoms with van der Waals surface area (Å²) in [5.41, 5.74) is 0.306. The largest absolute Gasteiger partial charge is 0.394 e. The van der Waals surface area contributed by atoms with Gasteiger partial charge in [0.25, 0.3) is 5.69 Å². The monoisotopic (exact) mass is 264 g/mol. The molecule has 0 saturated heterocycles. The summed E-state index contributed by atoms with van der Waals surface area (Å²) in [5.74, 6) is -0.390. The molecular weight excluding hydrogens is 248 g/mol. The average Bonchev–Trinajstić information content (AvgIpc) is 2.42. The van der Waals surface area contributed by atoms with E-state index in [0.717, 1.165) is 0 Å². The Bertz CT molecular complexity index is 481. The first-order chi connectivity index (χ1) is 9.08. The van der Waals surface area contributed by atoms with Crippen LogP contribution in [0.15, 0.2) is 30.3 Å². The lowest BCUT2D eigenvalue weighted by Crippen LogP contribution is -2.35. The Morgan fingerprint density at radius 3 is 2.79 bits per heavy atom. The first-order valence-electron chi connectivity index (χ1n) is 5.91. The van der Waals surface area contributed by atoms with E-state index in [1.807, 2.05) is 6.92 Å². The Morgan fingerprint density at radius 1 is 1.53 bits per heavy atom. The molecule has 6 nitrogen and oxygen atoms in total. The maximum absolute atomic E-state index is 11.5. The van der Waals surface area contributed by atoms with E-state index in [9.17, 15) is 14.9 Å². The Balaban J connectivity index is 2.76. The fourth-order valence-electron chi connectivity index (χ4n) is 1.49. The molecule has 0 bridgehead atoms. The molecule has 102 valence electrons. The molecule has 0 fully saturated rings. The molecule has 0 heterocycles. The lowest BCUT2D eigenvalue weighted by atomic mass is 10.1. The van der Waals surface area contributed by atoms with Crippen LogP contribution in [0.25, 0.3) is 6.08 Å². The van der Waals surface area contributed by atoms with Crippen molar-refractivity contribution in [3.63, 3.8) is 0 Å². The van der Waals surface area contributed by atoms with Crippen molar-refractivity contribution in [2.45, 2.75) is 19.4 Å².